The minimum atomic E-state index is -0.379. The molecule has 190 valence electrons. The molecule has 0 aromatic heterocycles. The van der Waals surface area contributed by atoms with Gasteiger partial charge >= 0.3 is 0 Å². The van der Waals surface area contributed by atoms with Crippen LogP contribution in [0.15, 0.2) is 23.8 Å². The number of phenols is 1. The van der Waals surface area contributed by atoms with Crippen LogP contribution in [0.3, 0.4) is 0 Å². The van der Waals surface area contributed by atoms with Crippen LogP contribution in [0.2, 0.25) is 0 Å². The van der Waals surface area contributed by atoms with E-state index in [0.717, 1.165) is 41.7 Å². The Labute approximate surface area is 206 Å². The van der Waals surface area contributed by atoms with Crippen molar-refractivity contribution in [2.24, 2.45) is 11.8 Å². The molecule has 1 unspecified atom stereocenters. The zero-order valence-corrected chi connectivity index (χ0v) is 22.2. The van der Waals surface area contributed by atoms with Gasteiger partial charge < -0.3 is 14.9 Å². The van der Waals surface area contributed by atoms with Crippen LogP contribution in [0, 0.1) is 11.8 Å². The Morgan fingerprint density at radius 1 is 1.21 bits per heavy atom. The lowest BCUT2D eigenvalue weighted by Crippen LogP contribution is -2.46. The largest absolute Gasteiger partial charge is 0.508 e. The molecule has 4 nitrogen and oxygen atoms in total. The minimum absolute atomic E-state index is 0.0139. The number of fused-ring (bicyclic) bond motifs is 3. The minimum Gasteiger partial charge on any atom is -0.508 e. The molecule has 1 aliphatic heterocycles. The van der Waals surface area contributed by atoms with Crippen molar-refractivity contribution < 1.29 is 19.7 Å². The van der Waals surface area contributed by atoms with Crippen LogP contribution in [-0.4, -0.2) is 28.2 Å². The molecule has 0 saturated heterocycles. The van der Waals surface area contributed by atoms with Gasteiger partial charge in [0.2, 0.25) is 0 Å². The molecule has 1 aliphatic carbocycles. The van der Waals surface area contributed by atoms with Crippen LogP contribution < -0.4 is 4.74 Å². The third-order valence-electron chi connectivity index (χ3n) is 8.41. The molecule has 3 rings (SSSR count). The van der Waals surface area contributed by atoms with Gasteiger partial charge in [0.05, 0.1) is 0 Å². The SMILES string of the molecule is CCCCCCC(C)(C)c1cc(O)c2c(c1)OC(C)(C)[C@@H]1CC=C(C(=O)CC(CC)CO)C[C@@H]21. The Morgan fingerprint density at radius 2 is 1.94 bits per heavy atom. The van der Waals surface area contributed by atoms with Gasteiger partial charge in [0.25, 0.3) is 0 Å². The summed E-state index contributed by atoms with van der Waals surface area (Å²) >= 11 is 0. The number of ether oxygens (including phenoxy) is 1. The molecule has 1 aromatic rings. The van der Waals surface area contributed by atoms with Gasteiger partial charge in [-0.2, -0.15) is 0 Å². The summed E-state index contributed by atoms with van der Waals surface area (Å²) in [5.74, 6) is 1.48. The van der Waals surface area contributed by atoms with Crippen molar-refractivity contribution in [2.45, 2.75) is 116 Å². The highest BCUT2D eigenvalue weighted by molar-refractivity contribution is 5.95. The first-order chi connectivity index (χ1) is 16.0. The summed E-state index contributed by atoms with van der Waals surface area (Å²) in [5.41, 5.74) is 2.40. The average Bonchev–Trinajstić information content (AvgIpc) is 2.79. The number of rotatable bonds is 11. The van der Waals surface area contributed by atoms with Gasteiger partial charge in [0.15, 0.2) is 5.78 Å². The fourth-order valence-electron chi connectivity index (χ4n) is 5.88. The van der Waals surface area contributed by atoms with E-state index in [1.165, 1.54) is 25.7 Å². The molecule has 4 heteroatoms. The van der Waals surface area contributed by atoms with Crippen molar-refractivity contribution in [1.29, 1.82) is 0 Å². The molecule has 3 atom stereocenters. The topological polar surface area (TPSA) is 66.8 Å². The molecule has 0 fully saturated rings. The summed E-state index contributed by atoms with van der Waals surface area (Å²) in [6.07, 6.45) is 10.6. The van der Waals surface area contributed by atoms with Crippen molar-refractivity contribution in [1.82, 2.24) is 0 Å². The van der Waals surface area contributed by atoms with Crippen molar-refractivity contribution in [3.63, 3.8) is 0 Å². The number of unbranched alkanes of at least 4 members (excludes halogenated alkanes) is 3. The number of aromatic hydroxyl groups is 1. The predicted molar refractivity (Wildman–Crippen MR) is 139 cm³/mol. The Balaban J connectivity index is 1.89. The van der Waals surface area contributed by atoms with Crippen LogP contribution in [0.4, 0.5) is 0 Å². The van der Waals surface area contributed by atoms with Gasteiger partial charge in [-0.3, -0.25) is 4.79 Å². The summed E-state index contributed by atoms with van der Waals surface area (Å²) in [6, 6.07) is 4.08. The first-order valence-corrected chi connectivity index (χ1v) is 13.4. The monoisotopic (exact) mass is 470 g/mol. The number of aliphatic hydroxyl groups excluding tert-OH is 1. The summed E-state index contributed by atoms with van der Waals surface area (Å²) in [4.78, 5) is 13.0. The Bertz CT molecular complexity index is 891. The molecule has 0 amide bonds. The third-order valence-corrected chi connectivity index (χ3v) is 8.41. The van der Waals surface area contributed by atoms with Crippen molar-refractivity contribution in [3.05, 3.63) is 34.9 Å². The normalized spacial score (nSPS) is 22.3. The maximum atomic E-state index is 13.0. The van der Waals surface area contributed by atoms with E-state index in [0.29, 0.717) is 18.6 Å². The molecule has 0 radical (unpaired) electrons. The number of ketones is 1. The molecule has 0 bridgehead atoms. The predicted octanol–water partition coefficient (Wildman–Crippen LogP) is 7.21. The maximum absolute atomic E-state index is 13.0. The van der Waals surface area contributed by atoms with Gasteiger partial charge in [-0.1, -0.05) is 65.9 Å². The molecule has 1 aromatic carbocycles. The van der Waals surface area contributed by atoms with Crippen molar-refractivity contribution in [2.75, 3.05) is 6.61 Å². The maximum Gasteiger partial charge on any atom is 0.158 e. The van der Waals surface area contributed by atoms with Gasteiger partial charge in [-0.05, 0) is 67.7 Å². The number of allylic oxidation sites excluding steroid dienone is 2. The lowest BCUT2D eigenvalue weighted by atomic mass is 9.66. The number of phenolic OH excluding ortho intramolecular Hbond substituents is 1. The highest BCUT2D eigenvalue weighted by Crippen LogP contribution is 2.55. The van der Waals surface area contributed by atoms with Gasteiger partial charge in [-0.25, -0.2) is 0 Å². The Hall–Kier alpha value is -1.81. The van der Waals surface area contributed by atoms with Gasteiger partial charge in [-0.15, -0.1) is 0 Å². The number of aliphatic hydroxyl groups is 1. The van der Waals surface area contributed by atoms with E-state index in [-0.39, 0.29) is 41.2 Å². The highest BCUT2D eigenvalue weighted by atomic mass is 16.5. The van der Waals surface area contributed by atoms with E-state index in [1.54, 1.807) is 0 Å². The summed E-state index contributed by atoms with van der Waals surface area (Å²) in [6.45, 7) is 13.1. The number of Topliss-reactive ketones (excluding diaryl/α,β-unsaturated/α-hetero) is 1. The molecule has 34 heavy (non-hydrogen) atoms. The van der Waals surface area contributed by atoms with Crippen molar-refractivity contribution >= 4 is 5.78 Å². The summed E-state index contributed by atoms with van der Waals surface area (Å²) in [5, 5.41) is 20.8. The first-order valence-electron chi connectivity index (χ1n) is 13.4. The summed E-state index contributed by atoms with van der Waals surface area (Å²) in [7, 11) is 0. The zero-order chi connectivity index (χ0) is 25.1. The van der Waals surface area contributed by atoms with Crippen LogP contribution in [-0.2, 0) is 10.2 Å². The van der Waals surface area contributed by atoms with E-state index >= 15 is 0 Å². The fraction of sp³-hybridized carbons (Fsp3) is 0.700. The second-order valence-electron chi connectivity index (χ2n) is 11.8. The number of benzene rings is 1. The lowest BCUT2D eigenvalue weighted by molar-refractivity contribution is -0.117. The van der Waals surface area contributed by atoms with Crippen LogP contribution in [0.5, 0.6) is 11.5 Å². The first kappa shape index (κ1) is 26.8. The number of carbonyl (C=O) groups is 1. The average molecular weight is 471 g/mol. The molecular formula is C30H46O4. The van der Waals surface area contributed by atoms with E-state index in [9.17, 15) is 15.0 Å². The van der Waals surface area contributed by atoms with Gasteiger partial charge in [0.1, 0.15) is 17.1 Å². The zero-order valence-electron chi connectivity index (χ0n) is 22.2. The molecular weight excluding hydrogens is 424 g/mol. The molecule has 0 saturated carbocycles. The second-order valence-corrected chi connectivity index (χ2v) is 11.8. The molecule has 2 N–H and O–H groups in total. The Kier molecular flexibility index (Phi) is 8.55. The van der Waals surface area contributed by atoms with Crippen LogP contribution in [0.25, 0.3) is 0 Å². The van der Waals surface area contributed by atoms with E-state index in [4.69, 9.17) is 4.74 Å². The summed E-state index contributed by atoms with van der Waals surface area (Å²) < 4.78 is 6.54. The quantitative estimate of drug-likeness (QED) is 0.335. The standard InChI is InChI=1S/C30H46O4/c1-7-9-10-11-14-29(3,4)22-17-26(33)28-23-16-21(25(32)15-20(8-2)19-31)12-13-24(23)30(5,6)34-27(28)18-22/h12,17-18,20,23-24,31,33H,7-11,13-16,19H2,1-6H3/t20?,23-,24-/m1/s1. The fourth-order valence-corrected chi connectivity index (χ4v) is 5.88. The van der Waals surface area contributed by atoms with Crippen molar-refractivity contribution in [3.8, 4) is 11.5 Å². The number of hydrogen-bond donors (Lipinski definition) is 2. The van der Waals surface area contributed by atoms with Crippen LogP contribution >= 0.6 is 0 Å². The molecule has 0 spiro atoms. The van der Waals surface area contributed by atoms with Gasteiger partial charge in [0, 0.05) is 30.4 Å². The Morgan fingerprint density at radius 3 is 2.59 bits per heavy atom. The lowest BCUT2D eigenvalue weighted by Gasteiger charge is -2.47. The number of hydrogen-bond acceptors (Lipinski definition) is 4. The molecule has 2 aliphatic rings. The van der Waals surface area contributed by atoms with Crippen LogP contribution in [0.1, 0.15) is 116 Å². The highest BCUT2D eigenvalue weighted by Gasteiger charge is 2.47. The smallest absolute Gasteiger partial charge is 0.158 e. The van der Waals surface area contributed by atoms with E-state index in [2.05, 4.69) is 46.8 Å². The third kappa shape index (κ3) is 5.70. The molecule has 1 heterocycles. The second kappa shape index (κ2) is 10.8. The van der Waals surface area contributed by atoms with E-state index in [1.807, 2.05) is 13.0 Å². The van der Waals surface area contributed by atoms with E-state index < -0.39 is 0 Å². The number of carbonyl (C=O) groups excluding carboxylic acids is 1.